The van der Waals surface area contributed by atoms with Crippen molar-refractivity contribution >= 4 is 30.9 Å². The van der Waals surface area contributed by atoms with Crippen molar-refractivity contribution in [3.05, 3.63) is 12.2 Å². The van der Waals surface area contributed by atoms with Crippen LogP contribution in [0.1, 0.15) is 0 Å². The van der Waals surface area contributed by atoms with Gasteiger partial charge in [-0.15, -0.1) is 0 Å². The molecule has 1 N–H and O–H groups in total. The van der Waals surface area contributed by atoms with Crippen molar-refractivity contribution in [2.75, 3.05) is 0 Å². The number of carbonyl (C=O) groups is 1. The molecule has 0 heterocycles. The second-order valence-corrected chi connectivity index (χ2v) is 21.3. The molecule has 0 fully saturated rings. The topological polar surface area (TPSA) is 65.0 Å². The van der Waals surface area contributed by atoms with Gasteiger partial charge >= 0.3 is 5.97 Å². The van der Waals surface area contributed by atoms with Crippen molar-refractivity contribution in [1.29, 1.82) is 0 Å². The third-order valence-electron chi connectivity index (χ3n) is 1.95. The Kier molecular flexibility index (Phi) is 6.39. The van der Waals surface area contributed by atoms with Gasteiger partial charge in [0.2, 0.25) is 0 Å². The monoisotopic (exact) mass is 350 g/mol. The minimum atomic E-state index is -2.13. The lowest BCUT2D eigenvalue weighted by molar-refractivity contribution is -0.241. The summed E-state index contributed by atoms with van der Waals surface area (Å²) in [5.74, 6) is -2.84. The van der Waals surface area contributed by atoms with Crippen LogP contribution in [0.3, 0.4) is 0 Å². The van der Waals surface area contributed by atoms with Crippen LogP contribution < -0.4 is 0 Å². The number of carboxylic acid groups (broad SMARTS) is 1. The van der Waals surface area contributed by atoms with Crippen molar-refractivity contribution in [3.63, 3.8) is 0 Å². The SMILES string of the molecule is C=C(C(=O)O)C(O[Si](C)(C)C)(O[Si](C)(C)C)O[Si](C)(C)C. The standard InChI is InChI=1S/C13H30O5Si3/c1-11(12(14)15)13(16-19(2,3)4,17-20(5,6)7)18-21(8,9)10/h1H2,2-10H3,(H,14,15). The first kappa shape index (κ1) is 20.7. The molecule has 0 aromatic heterocycles. The molecule has 0 atom stereocenters. The van der Waals surface area contributed by atoms with E-state index < -0.39 is 36.9 Å². The lowest BCUT2D eigenvalue weighted by Crippen LogP contribution is -2.57. The van der Waals surface area contributed by atoms with Crippen molar-refractivity contribution in [1.82, 2.24) is 0 Å². The van der Waals surface area contributed by atoms with Gasteiger partial charge < -0.3 is 18.4 Å². The molecule has 0 unspecified atom stereocenters. The first-order valence-corrected chi connectivity index (χ1v) is 17.2. The lowest BCUT2D eigenvalue weighted by atomic mass is 10.3. The molecule has 0 saturated heterocycles. The van der Waals surface area contributed by atoms with Gasteiger partial charge in [-0.1, -0.05) is 6.58 Å². The van der Waals surface area contributed by atoms with Gasteiger partial charge in [0.15, 0.2) is 25.0 Å². The highest BCUT2D eigenvalue weighted by Gasteiger charge is 2.49. The number of hydrogen-bond donors (Lipinski definition) is 1. The molecule has 0 amide bonds. The maximum atomic E-state index is 11.5. The van der Waals surface area contributed by atoms with Crippen LogP contribution >= 0.6 is 0 Å². The second-order valence-electron chi connectivity index (χ2n) is 7.98. The molecule has 5 nitrogen and oxygen atoms in total. The van der Waals surface area contributed by atoms with Gasteiger partial charge in [0, 0.05) is 0 Å². The maximum Gasteiger partial charge on any atom is 0.339 e. The average molecular weight is 351 g/mol. The third-order valence-corrected chi connectivity index (χ3v) is 4.59. The zero-order valence-corrected chi connectivity index (χ0v) is 17.8. The number of hydrogen-bond acceptors (Lipinski definition) is 4. The number of carboxylic acids is 1. The molecular weight excluding hydrogens is 320 g/mol. The maximum absolute atomic E-state index is 11.5. The van der Waals surface area contributed by atoms with Crippen LogP contribution in [0.4, 0.5) is 0 Å². The summed E-state index contributed by atoms with van der Waals surface area (Å²) in [6.45, 7) is 21.4. The fourth-order valence-corrected chi connectivity index (χ4v) is 4.88. The van der Waals surface area contributed by atoms with Crippen LogP contribution in [0.25, 0.3) is 0 Å². The molecule has 0 rings (SSSR count). The minimum absolute atomic E-state index is 0.185. The summed E-state index contributed by atoms with van der Waals surface area (Å²) in [7, 11) is -6.39. The molecule has 0 bridgehead atoms. The Hall–Kier alpha value is -0.259. The molecule has 0 aliphatic heterocycles. The molecular formula is C13H30O5Si3. The highest BCUT2D eigenvalue weighted by Crippen LogP contribution is 2.34. The van der Waals surface area contributed by atoms with Gasteiger partial charge in [-0.25, -0.2) is 4.79 Å². The van der Waals surface area contributed by atoms with E-state index in [2.05, 4.69) is 6.58 Å². The third kappa shape index (κ3) is 8.07. The molecule has 0 spiro atoms. The van der Waals surface area contributed by atoms with E-state index in [1.807, 2.05) is 58.9 Å². The summed E-state index contributed by atoms with van der Waals surface area (Å²) in [5.41, 5.74) is -0.185. The molecule has 0 aliphatic carbocycles. The summed E-state index contributed by atoms with van der Waals surface area (Å²) in [6.07, 6.45) is 0. The second kappa shape index (κ2) is 6.47. The predicted octanol–water partition coefficient (Wildman–Crippen LogP) is 3.84. The van der Waals surface area contributed by atoms with Crippen LogP contribution in [-0.2, 0) is 18.1 Å². The Labute approximate surface area is 131 Å². The fourth-order valence-electron chi connectivity index (χ4n) is 1.59. The Bertz CT molecular complexity index is 361. The van der Waals surface area contributed by atoms with Crippen molar-refractivity contribution in [3.8, 4) is 0 Å². The average Bonchev–Trinajstić information content (AvgIpc) is 2.06. The van der Waals surface area contributed by atoms with E-state index in [9.17, 15) is 9.90 Å². The van der Waals surface area contributed by atoms with Gasteiger partial charge in [0.05, 0.1) is 0 Å². The molecule has 8 heteroatoms. The quantitative estimate of drug-likeness (QED) is 0.409. The highest BCUT2D eigenvalue weighted by molar-refractivity contribution is 6.72. The first-order chi connectivity index (χ1) is 8.98. The molecule has 0 aromatic rings. The summed E-state index contributed by atoms with van der Waals surface area (Å²) >= 11 is 0. The summed E-state index contributed by atoms with van der Waals surface area (Å²) < 4.78 is 18.3. The predicted molar refractivity (Wildman–Crippen MR) is 92.8 cm³/mol. The van der Waals surface area contributed by atoms with Gasteiger partial charge in [-0.2, -0.15) is 0 Å². The van der Waals surface area contributed by atoms with Gasteiger partial charge in [0.1, 0.15) is 5.57 Å². The Balaban J connectivity index is 5.94. The molecule has 0 aromatic carbocycles. The van der Waals surface area contributed by atoms with E-state index >= 15 is 0 Å². The minimum Gasteiger partial charge on any atom is -0.478 e. The van der Waals surface area contributed by atoms with E-state index in [1.54, 1.807) is 0 Å². The van der Waals surface area contributed by atoms with Crippen molar-refractivity contribution < 1.29 is 23.2 Å². The zero-order valence-electron chi connectivity index (χ0n) is 14.8. The highest BCUT2D eigenvalue weighted by atomic mass is 28.4. The first-order valence-electron chi connectivity index (χ1n) is 7.01. The molecule has 0 aliphatic rings. The van der Waals surface area contributed by atoms with Crippen LogP contribution in [0.15, 0.2) is 12.2 Å². The molecule has 0 saturated carbocycles. The summed E-state index contributed by atoms with van der Waals surface area (Å²) in [4.78, 5) is 11.5. The normalized spacial score (nSPS) is 14.1. The smallest absolute Gasteiger partial charge is 0.339 e. The molecule has 124 valence electrons. The largest absolute Gasteiger partial charge is 0.478 e. The van der Waals surface area contributed by atoms with E-state index in [0.717, 1.165) is 0 Å². The summed E-state index contributed by atoms with van der Waals surface area (Å²) in [6, 6.07) is 0. The summed E-state index contributed by atoms with van der Waals surface area (Å²) in [5, 5.41) is 9.41. The number of rotatable bonds is 8. The lowest BCUT2D eigenvalue weighted by Gasteiger charge is -2.45. The van der Waals surface area contributed by atoms with E-state index in [1.165, 1.54) is 0 Å². The van der Waals surface area contributed by atoms with Crippen molar-refractivity contribution in [2.45, 2.75) is 64.9 Å². The Morgan fingerprint density at radius 1 is 0.810 bits per heavy atom. The van der Waals surface area contributed by atoms with Gasteiger partial charge in [-0.05, 0) is 58.9 Å². The van der Waals surface area contributed by atoms with Gasteiger partial charge in [0.25, 0.3) is 5.97 Å². The number of aliphatic carboxylic acids is 1. The Morgan fingerprint density at radius 2 is 1.05 bits per heavy atom. The molecule has 0 radical (unpaired) electrons. The van der Waals surface area contributed by atoms with E-state index in [-0.39, 0.29) is 5.57 Å². The van der Waals surface area contributed by atoms with E-state index in [0.29, 0.717) is 0 Å². The molecule has 21 heavy (non-hydrogen) atoms. The van der Waals surface area contributed by atoms with Crippen LogP contribution in [0.5, 0.6) is 0 Å². The Morgan fingerprint density at radius 3 is 1.19 bits per heavy atom. The van der Waals surface area contributed by atoms with Crippen LogP contribution in [0, 0.1) is 0 Å². The van der Waals surface area contributed by atoms with Crippen LogP contribution in [-0.4, -0.2) is 42.0 Å². The zero-order chi connectivity index (χ0) is 17.3. The van der Waals surface area contributed by atoms with Gasteiger partial charge in [-0.3, -0.25) is 0 Å². The van der Waals surface area contributed by atoms with E-state index in [4.69, 9.17) is 13.3 Å². The fraction of sp³-hybridized carbons (Fsp3) is 0.769. The van der Waals surface area contributed by atoms with Crippen LogP contribution in [0.2, 0.25) is 58.9 Å². The van der Waals surface area contributed by atoms with Crippen molar-refractivity contribution in [2.24, 2.45) is 0 Å².